The molecule has 0 aliphatic heterocycles. The lowest BCUT2D eigenvalue weighted by atomic mass is 10.1. The predicted octanol–water partition coefficient (Wildman–Crippen LogP) is 0.657. The summed E-state index contributed by atoms with van der Waals surface area (Å²) in [5, 5.41) is 0. The molecule has 0 aliphatic carbocycles. The molecule has 14 heavy (non-hydrogen) atoms. The molecule has 0 bridgehead atoms. The second kappa shape index (κ2) is 4.32. The van der Waals surface area contributed by atoms with E-state index in [1.54, 1.807) is 18.2 Å². The maximum Gasteiger partial charge on any atom is 0.398 e. The van der Waals surface area contributed by atoms with E-state index < -0.39 is 16.5 Å². The van der Waals surface area contributed by atoms with Gasteiger partial charge >= 0.3 is 10.4 Å². The Balaban J connectivity index is 2.89. The fourth-order valence-electron chi connectivity index (χ4n) is 0.893. The summed E-state index contributed by atoms with van der Waals surface area (Å²) >= 11 is 0. The summed E-state index contributed by atoms with van der Waals surface area (Å²) in [6, 6.07) is 7.88. The smallest absolute Gasteiger partial charge is 0.287 e. The van der Waals surface area contributed by atoms with Gasteiger partial charge in [0.15, 0.2) is 6.10 Å². The molecule has 1 radical (unpaired) electrons. The minimum atomic E-state index is -4.65. The van der Waals surface area contributed by atoms with Crippen molar-refractivity contribution in [1.82, 2.24) is 0 Å². The third kappa shape index (κ3) is 3.25. The van der Waals surface area contributed by atoms with Crippen LogP contribution in [0.1, 0.15) is 11.7 Å². The Morgan fingerprint density at radius 1 is 1.29 bits per heavy atom. The van der Waals surface area contributed by atoms with Gasteiger partial charge in [-0.05, 0) is 5.56 Å². The number of hydrogen-bond donors (Lipinski definition) is 1. The van der Waals surface area contributed by atoms with E-state index in [1.807, 2.05) is 0 Å². The minimum absolute atomic E-state index is 0.306. The van der Waals surface area contributed by atoms with Gasteiger partial charge in [0.05, 0.1) is 0 Å². The van der Waals surface area contributed by atoms with E-state index >= 15 is 0 Å². The van der Waals surface area contributed by atoms with E-state index in [0.717, 1.165) is 0 Å². The van der Waals surface area contributed by atoms with E-state index in [4.69, 9.17) is 4.55 Å². The summed E-state index contributed by atoms with van der Waals surface area (Å²) < 4.78 is 33.1. The van der Waals surface area contributed by atoms with Crippen LogP contribution in [0.25, 0.3) is 0 Å². The first-order valence-electron chi connectivity index (χ1n) is 3.61. The van der Waals surface area contributed by atoms with Crippen molar-refractivity contribution >= 4 is 16.7 Å². The van der Waals surface area contributed by atoms with Crippen LogP contribution in [-0.2, 0) is 19.4 Å². The van der Waals surface area contributed by atoms with E-state index in [1.165, 1.54) is 18.4 Å². The van der Waals surface area contributed by atoms with Crippen molar-refractivity contribution < 1.29 is 21.9 Å². The number of rotatable bonds is 4. The molecule has 0 saturated heterocycles. The quantitative estimate of drug-likeness (QED) is 0.746. The van der Waals surface area contributed by atoms with Crippen LogP contribution in [0, 0.1) is 0 Å². The molecular weight excluding hydrogens is 208 g/mol. The van der Waals surface area contributed by atoms with Gasteiger partial charge in [-0.15, -0.1) is 0 Å². The Kier molecular flexibility index (Phi) is 3.34. The minimum Gasteiger partial charge on any atom is -0.287 e. The van der Waals surface area contributed by atoms with Crippen LogP contribution in [0.2, 0.25) is 0 Å². The zero-order valence-electron chi connectivity index (χ0n) is 6.95. The Morgan fingerprint density at radius 3 is 2.29 bits per heavy atom. The van der Waals surface area contributed by atoms with Crippen LogP contribution in [0.15, 0.2) is 30.3 Å². The summed E-state index contributed by atoms with van der Waals surface area (Å²) in [6.45, 7) is 0. The highest BCUT2D eigenvalue weighted by atomic mass is 32.3. The first-order valence-corrected chi connectivity index (χ1v) is 4.98. The Bertz CT molecular complexity index is 397. The van der Waals surface area contributed by atoms with Gasteiger partial charge in [-0.2, -0.15) is 8.42 Å². The molecule has 1 atom stereocenters. The molecule has 1 aromatic rings. The Labute approximate surface area is 81.3 Å². The fraction of sp³-hybridized carbons (Fsp3) is 0.125. The first kappa shape index (κ1) is 10.8. The summed E-state index contributed by atoms with van der Waals surface area (Å²) in [5.74, 6) is 0. The van der Waals surface area contributed by atoms with Crippen LogP contribution in [0.4, 0.5) is 0 Å². The van der Waals surface area contributed by atoms with Gasteiger partial charge in [0.2, 0.25) is 6.29 Å². The molecule has 0 saturated carbocycles. The Morgan fingerprint density at radius 2 is 1.86 bits per heavy atom. The fourth-order valence-corrected chi connectivity index (χ4v) is 1.29. The standard InChI is InChI=1S/C8H7O5S/c9-6-8(13-14(10,11)12)7-4-2-1-3-5-7/h1-5,8H,(H,10,11,12). The van der Waals surface area contributed by atoms with Crippen LogP contribution in [0.5, 0.6) is 0 Å². The number of hydrogen-bond acceptors (Lipinski definition) is 4. The Hall–Kier alpha value is -1.24. The summed E-state index contributed by atoms with van der Waals surface area (Å²) in [5.41, 5.74) is 0.306. The first-order chi connectivity index (χ1) is 6.53. The molecule has 1 rings (SSSR count). The van der Waals surface area contributed by atoms with Crippen molar-refractivity contribution in [1.29, 1.82) is 0 Å². The highest BCUT2D eigenvalue weighted by Gasteiger charge is 2.18. The molecule has 1 N–H and O–H groups in total. The number of benzene rings is 1. The van der Waals surface area contributed by atoms with Gasteiger partial charge in [0, 0.05) is 0 Å². The van der Waals surface area contributed by atoms with Crippen molar-refractivity contribution in [3.63, 3.8) is 0 Å². The maximum absolute atomic E-state index is 10.4. The lowest BCUT2D eigenvalue weighted by Crippen LogP contribution is -2.11. The molecule has 75 valence electrons. The molecule has 0 heterocycles. The molecule has 1 unspecified atom stereocenters. The number of carbonyl (C=O) groups excluding carboxylic acids is 1. The van der Waals surface area contributed by atoms with Gasteiger partial charge in [0.25, 0.3) is 0 Å². The van der Waals surface area contributed by atoms with Gasteiger partial charge in [-0.3, -0.25) is 9.35 Å². The highest BCUT2D eigenvalue weighted by molar-refractivity contribution is 7.80. The van der Waals surface area contributed by atoms with Crippen molar-refractivity contribution in [2.45, 2.75) is 6.10 Å². The largest absolute Gasteiger partial charge is 0.398 e. The van der Waals surface area contributed by atoms with Gasteiger partial charge in [-0.25, -0.2) is 4.18 Å². The van der Waals surface area contributed by atoms with Crippen LogP contribution < -0.4 is 0 Å². The van der Waals surface area contributed by atoms with Crippen molar-refractivity contribution in [3.8, 4) is 0 Å². The van der Waals surface area contributed by atoms with E-state index in [9.17, 15) is 13.2 Å². The van der Waals surface area contributed by atoms with Crippen LogP contribution in [0.3, 0.4) is 0 Å². The molecule has 1 aromatic carbocycles. The summed E-state index contributed by atoms with van der Waals surface area (Å²) in [4.78, 5) is 10.4. The average molecular weight is 215 g/mol. The van der Waals surface area contributed by atoms with E-state index in [0.29, 0.717) is 5.56 Å². The molecule has 5 nitrogen and oxygen atoms in total. The molecule has 0 spiro atoms. The lowest BCUT2D eigenvalue weighted by molar-refractivity contribution is 0.231. The monoisotopic (exact) mass is 215 g/mol. The van der Waals surface area contributed by atoms with Crippen LogP contribution >= 0.6 is 0 Å². The molecule has 0 aliphatic rings. The summed E-state index contributed by atoms with van der Waals surface area (Å²) in [6.07, 6.45) is -0.0613. The average Bonchev–Trinajstić information content (AvgIpc) is 2.14. The van der Waals surface area contributed by atoms with Crippen molar-refractivity contribution in [2.75, 3.05) is 0 Å². The third-order valence-electron chi connectivity index (χ3n) is 1.43. The van der Waals surface area contributed by atoms with Gasteiger partial charge < -0.3 is 0 Å². The second-order valence-corrected chi connectivity index (χ2v) is 3.48. The maximum atomic E-state index is 10.4. The van der Waals surface area contributed by atoms with E-state index in [2.05, 4.69) is 4.18 Å². The molecule has 0 fully saturated rings. The van der Waals surface area contributed by atoms with Crippen molar-refractivity contribution in [3.05, 3.63) is 35.9 Å². The van der Waals surface area contributed by atoms with Gasteiger partial charge in [0.1, 0.15) is 0 Å². The lowest BCUT2D eigenvalue weighted by Gasteiger charge is -2.07. The van der Waals surface area contributed by atoms with Gasteiger partial charge in [-0.1, -0.05) is 30.3 Å². The summed E-state index contributed by atoms with van der Waals surface area (Å²) in [7, 11) is -4.65. The van der Waals surface area contributed by atoms with Crippen molar-refractivity contribution in [2.24, 2.45) is 0 Å². The molecular formula is C8H7O5S. The van der Waals surface area contributed by atoms with E-state index in [-0.39, 0.29) is 0 Å². The molecule has 6 heteroatoms. The SMILES string of the molecule is O=[C]C(OS(=O)(=O)O)c1ccccc1. The third-order valence-corrected chi connectivity index (χ3v) is 1.86. The topological polar surface area (TPSA) is 80.7 Å². The second-order valence-electron chi connectivity index (χ2n) is 2.43. The predicted molar refractivity (Wildman–Crippen MR) is 47.5 cm³/mol. The normalized spacial score (nSPS) is 13.5. The zero-order valence-corrected chi connectivity index (χ0v) is 7.77. The molecule has 0 aromatic heterocycles. The molecule has 0 amide bonds. The highest BCUT2D eigenvalue weighted by Crippen LogP contribution is 2.16. The zero-order chi connectivity index (χ0) is 10.6. The van der Waals surface area contributed by atoms with Crippen LogP contribution in [-0.4, -0.2) is 19.3 Å².